The van der Waals surface area contributed by atoms with E-state index in [9.17, 15) is 5.21 Å². The van der Waals surface area contributed by atoms with E-state index in [1.165, 1.54) is 5.06 Å². The first kappa shape index (κ1) is 10.6. The second-order valence-corrected chi connectivity index (χ2v) is 4.43. The van der Waals surface area contributed by atoms with Crippen LogP contribution in [0.3, 0.4) is 0 Å². The van der Waals surface area contributed by atoms with Gasteiger partial charge >= 0.3 is 0 Å². The fraction of sp³-hybridized carbons (Fsp3) is 0.500. The first-order valence-corrected chi connectivity index (χ1v) is 5.26. The number of hydrogen-bond acceptors (Lipinski definition) is 3. The second kappa shape index (κ2) is 3.93. The zero-order valence-electron chi connectivity index (χ0n) is 9.18. The Morgan fingerprint density at radius 3 is 2.60 bits per heavy atom. The number of benzene rings is 1. The van der Waals surface area contributed by atoms with Crippen LogP contribution in [0.2, 0.25) is 0 Å². The lowest BCUT2D eigenvalue weighted by molar-refractivity contribution is -0.239. The summed E-state index contributed by atoms with van der Waals surface area (Å²) in [7, 11) is 0. The van der Waals surface area contributed by atoms with Crippen molar-refractivity contribution in [1.29, 1.82) is 0 Å². The van der Waals surface area contributed by atoms with Gasteiger partial charge in [-0.05, 0) is 19.4 Å². The summed E-state index contributed by atoms with van der Waals surface area (Å²) in [5.74, 6) is 0. The SMILES string of the molecule is CC1(C)OCCN(O)C1c1ccccc1. The zero-order chi connectivity index (χ0) is 10.9. The van der Waals surface area contributed by atoms with Crippen molar-refractivity contribution < 1.29 is 9.94 Å². The molecule has 1 aromatic rings. The molecule has 1 N–H and O–H groups in total. The molecule has 1 saturated heterocycles. The molecular formula is C12H17NO2. The topological polar surface area (TPSA) is 32.7 Å². The molecule has 15 heavy (non-hydrogen) atoms. The van der Waals surface area contributed by atoms with E-state index >= 15 is 0 Å². The molecule has 1 aliphatic heterocycles. The smallest absolute Gasteiger partial charge is 0.0885 e. The number of hydroxylamine groups is 2. The van der Waals surface area contributed by atoms with Gasteiger partial charge in [0.1, 0.15) is 0 Å². The van der Waals surface area contributed by atoms with E-state index in [4.69, 9.17) is 4.74 Å². The number of ether oxygens (including phenoxy) is 1. The molecule has 0 bridgehead atoms. The van der Waals surface area contributed by atoms with Crippen LogP contribution in [0.4, 0.5) is 0 Å². The van der Waals surface area contributed by atoms with E-state index in [-0.39, 0.29) is 11.6 Å². The Labute approximate surface area is 90.2 Å². The first-order chi connectivity index (χ1) is 7.11. The maximum atomic E-state index is 9.91. The molecule has 1 aliphatic rings. The first-order valence-electron chi connectivity index (χ1n) is 5.26. The van der Waals surface area contributed by atoms with Crippen molar-refractivity contribution in [3.05, 3.63) is 35.9 Å². The van der Waals surface area contributed by atoms with Crippen LogP contribution in [0.25, 0.3) is 0 Å². The van der Waals surface area contributed by atoms with Crippen LogP contribution in [0, 0.1) is 0 Å². The summed E-state index contributed by atoms with van der Waals surface area (Å²) in [6.07, 6.45) is 0. The van der Waals surface area contributed by atoms with Gasteiger partial charge in [0, 0.05) is 6.54 Å². The van der Waals surface area contributed by atoms with E-state index in [1.54, 1.807) is 0 Å². The van der Waals surface area contributed by atoms with Crippen molar-refractivity contribution in [1.82, 2.24) is 5.06 Å². The van der Waals surface area contributed by atoms with Gasteiger partial charge in [0.15, 0.2) is 0 Å². The molecule has 0 saturated carbocycles. The average Bonchev–Trinajstić information content (AvgIpc) is 2.17. The largest absolute Gasteiger partial charge is 0.372 e. The van der Waals surface area contributed by atoms with Gasteiger partial charge in [-0.2, -0.15) is 5.06 Å². The molecule has 82 valence electrons. The van der Waals surface area contributed by atoms with E-state index in [1.807, 2.05) is 44.2 Å². The molecule has 3 nitrogen and oxygen atoms in total. The van der Waals surface area contributed by atoms with Crippen molar-refractivity contribution in [3.8, 4) is 0 Å². The molecule has 1 atom stereocenters. The molecule has 0 aromatic heterocycles. The van der Waals surface area contributed by atoms with Crippen molar-refractivity contribution in [3.63, 3.8) is 0 Å². The predicted molar refractivity (Wildman–Crippen MR) is 57.7 cm³/mol. The number of morpholine rings is 1. The van der Waals surface area contributed by atoms with Crippen molar-refractivity contribution >= 4 is 0 Å². The summed E-state index contributed by atoms with van der Waals surface area (Å²) in [6.45, 7) is 5.15. The minimum Gasteiger partial charge on any atom is -0.372 e. The highest BCUT2D eigenvalue weighted by Crippen LogP contribution is 2.35. The molecule has 1 aromatic carbocycles. The van der Waals surface area contributed by atoms with Crippen LogP contribution in [0.5, 0.6) is 0 Å². The summed E-state index contributed by atoms with van der Waals surface area (Å²) in [5.41, 5.74) is 0.735. The zero-order valence-corrected chi connectivity index (χ0v) is 9.18. The molecule has 1 unspecified atom stereocenters. The Bertz CT molecular complexity index is 324. The third kappa shape index (κ3) is 2.04. The normalized spacial score (nSPS) is 26.5. The van der Waals surface area contributed by atoms with Gasteiger partial charge in [-0.3, -0.25) is 0 Å². The Hall–Kier alpha value is -0.900. The monoisotopic (exact) mass is 207 g/mol. The molecule has 2 rings (SSSR count). The van der Waals surface area contributed by atoms with E-state index in [0.29, 0.717) is 13.2 Å². The van der Waals surface area contributed by atoms with Gasteiger partial charge in [0.2, 0.25) is 0 Å². The second-order valence-electron chi connectivity index (χ2n) is 4.43. The summed E-state index contributed by atoms with van der Waals surface area (Å²) < 4.78 is 5.70. The van der Waals surface area contributed by atoms with Crippen molar-refractivity contribution in [2.24, 2.45) is 0 Å². The highest BCUT2D eigenvalue weighted by atomic mass is 16.5. The van der Waals surface area contributed by atoms with E-state index < -0.39 is 0 Å². The highest BCUT2D eigenvalue weighted by Gasteiger charge is 2.39. The summed E-state index contributed by atoms with van der Waals surface area (Å²) in [4.78, 5) is 0. The highest BCUT2D eigenvalue weighted by molar-refractivity contribution is 5.22. The summed E-state index contributed by atoms with van der Waals surface area (Å²) in [5, 5.41) is 11.3. The van der Waals surface area contributed by atoms with Crippen LogP contribution >= 0.6 is 0 Å². The maximum Gasteiger partial charge on any atom is 0.0885 e. The van der Waals surface area contributed by atoms with E-state index in [0.717, 1.165) is 5.56 Å². The number of nitrogens with zero attached hydrogens (tertiary/aromatic N) is 1. The molecule has 0 amide bonds. The Morgan fingerprint density at radius 2 is 2.00 bits per heavy atom. The standard InChI is InChI=1S/C12H17NO2/c1-12(2)11(13(14)8-9-15-12)10-6-4-3-5-7-10/h3-7,11,14H,8-9H2,1-2H3. The molecule has 1 heterocycles. The van der Waals surface area contributed by atoms with Crippen LogP contribution < -0.4 is 0 Å². The quantitative estimate of drug-likeness (QED) is 0.766. The molecular weight excluding hydrogens is 190 g/mol. The van der Waals surface area contributed by atoms with Crippen LogP contribution in [0.15, 0.2) is 30.3 Å². The molecule has 0 radical (unpaired) electrons. The average molecular weight is 207 g/mol. The van der Waals surface area contributed by atoms with Gasteiger partial charge in [-0.1, -0.05) is 30.3 Å². The molecule has 0 spiro atoms. The van der Waals surface area contributed by atoms with Crippen LogP contribution in [-0.4, -0.2) is 29.0 Å². The van der Waals surface area contributed by atoms with Gasteiger partial charge in [0.25, 0.3) is 0 Å². The van der Waals surface area contributed by atoms with E-state index in [2.05, 4.69) is 0 Å². The third-order valence-corrected chi connectivity index (χ3v) is 2.87. The fourth-order valence-electron chi connectivity index (χ4n) is 2.18. The number of rotatable bonds is 1. The lowest BCUT2D eigenvalue weighted by Crippen LogP contribution is -2.49. The Balaban J connectivity index is 2.32. The minimum atomic E-state index is -0.353. The Kier molecular flexibility index (Phi) is 2.78. The lowest BCUT2D eigenvalue weighted by atomic mass is 9.90. The minimum absolute atomic E-state index is 0.0903. The molecule has 3 heteroatoms. The molecule has 1 fully saturated rings. The van der Waals surface area contributed by atoms with Gasteiger partial charge in [-0.25, -0.2) is 0 Å². The van der Waals surface area contributed by atoms with Crippen LogP contribution in [0.1, 0.15) is 25.5 Å². The van der Waals surface area contributed by atoms with Crippen molar-refractivity contribution in [2.75, 3.05) is 13.2 Å². The van der Waals surface area contributed by atoms with Gasteiger partial charge in [-0.15, -0.1) is 0 Å². The summed E-state index contributed by atoms with van der Waals surface area (Å²) in [6, 6.07) is 9.88. The Morgan fingerprint density at radius 1 is 1.33 bits per heavy atom. The van der Waals surface area contributed by atoms with Gasteiger partial charge in [0.05, 0.1) is 18.2 Å². The van der Waals surface area contributed by atoms with Crippen molar-refractivity contribution in [2.45, 2.75) is 25.5 Å². The predicted octanol–water partition coefficient (Wildman–Crippen LogP) is 2.23. The number of hydrogen-bond donors (Lipinski definition) is 1. The lowest BCUT2D eigenvalue weighted by Gasteiger charge is -2.43. The summed E-state index contributed by atoms with van der Waals surface area (Å²) >= 11 is 0. The van der Waals surface area contributed by atoms with Gasteiger partial charge < -0.3 is 9.94 Å². The third-order valence-electron chi connectivity index (χ3n) is 2.87. The van der Waals surface area contributed by atoms with Crippen LogP contribution in [-0.2, 0) is 4.74 Å². The fourth-order valence-corrected chi connectivity index (χ4v) is 2.18. The molecule has 0 aliphatic carbocycles. The maximum absolute atomic E-state index is 9.91.